The molecule has 5 rings (SSSR count). The fourth-order valence-electron chi connectivity index (χ4n) is 5.18. The molecule has 0 N–H and O–H groups in total. The Kier molecular flexibility index (Phi) is 8.90. The van der Waals surface area contributed by atoms with Gasteiger partial charge in [0.2, 0.25) is 6.79 Å². The second-order valence-electron chi connectivity index (χ2n) is 9.50. The summed E-state index contributed by atoms with van der Waals surface area (Å²) in [5.74, 6) is 1.68. The summed E-state index contributed by atoms with van der Waals surface area (Å²) in [4.78, 5) is 0. The first-order valence-corrected chi connectivity index (χ1v) is 15.3. The van der Waals surface area contributed by atoms with Gasteiger partial charge in [-0.1, -0.05) is 67.1 Å². The third kappa shape index (κ3) is 6.24. The molecule has 0 unspecified atom stereocenters. The summed E-state index contributed by atoms with van der Waals surface area (Å²) in [5, 5.41) is 4.41. The van der Waals surface area contributed by atoms with Gasteiger partial charge in [-0.3, -0.25) is 0 Å². The molecule has 0 radical (unpaired) electrons. The molecule has 0 saturated carbocycles. The van der Waals surface area contributed by atoms with Crippen molar-refractivity contribution in [2.75, 3.05) is 26.2 Å². The maximum atomic E-state index is 5.95. The van der Waals surface area contributed by atoms with Crippen LogP contribution in [0.15, 0.2) is 109 Å². The Morgan fingerprint density at radius 1 is 0.568 bits per heavy atom. The summed E-state index contributed by atoms with van der Waals surface area (Å²) in [6, 6.07) is 39.7. The van der Waals surface area contributed by atoms with Crippen molar-refractivity contribution in [2.24, 2.45) is 0 Å². The monoisotopic (exact) mass is 511 g/mol. The Hall–Kier alpha value is -3.13. The maximum Gasteiger partial charge on any atom is 0.231 e. The quantitative estimate of drug-likeness (QED) is 0.151. The number of ether oxygens (including phenoxy) is 3. The highest BCUT2D eigenvalue weighted by atomic mass is 31.2. The maximum absolute atomic E-state index is 5.95. The van der Waals surface area contributed by atoms with E-state index in [1.165, 1.54) is 46.9 Å². The average molecular weight is 512 g/mol. The van der Waals surface area contributed by atoms with E-state index in [9.17, 15) is 0 Å². The minimum atomic E-state index is -1.71. The van der Waals surface area contributed by atoms with Crippen LogP contribution < -0.4 is 25.4 Å². The molecule has 0 atom stereocenters. The van der Waals surface area contributed by atoms with E-state index in [2.05, 4.69) is 103 Å². The highest BCUT2D eigenvalue weighted by molar-refractivity contribution is 7.95. The van der Waals surface area contributed by atoms with Crippen molar-refractivity contribution >= 4 is 23.2 Å². The van der Waals surface area contributed by atoms with Crippen molar-refractivity contribution in [1.82, 2.24) is 0 Å². The van der Waals surface area contributed by atoms with Gasteiger partial charge in [0.25, 0.3) is 0 Å². The predicted octanol–water partition coefficient (Wildman–Crippen LogP) is 6.53. The number of unbranched alkanes of at least 4 members (excludes halogenated alkanes) is 3. The Bertz CT molecular complexity index is 1130. The fourth-order valence-corrected chi connectivity index (χ4v) is 9.59. The fraction of sp³-hybridized carbons (Fsp3) is 0.273. The first-order chi connectivity index (χ1) is 18.4. The largest absolute Gasteiger partial charge is 0.454 e. The minimum absolute atomic E-state index is 0.320. The third-order valence-electron chi connectivity index (χ3n) is 7.10. The number of benzene rings is 4. The Morgan fingerprint density at radius 2 is 1.14 bits per heavy atom. The molecule has 0 amide bonds. The van der Waals surface area contributed by atoms with Crippen LogP contribution in [0.5, 0.6) is 11.5 Å². The van der Waals surface area contributed by atoms with Gasteiger partial charge in [0, 0.05) is 6.61 Å². The molecule has 0 spiro atoms. The average Bonchev–Trinajstić information content (AvgIpc) is 3.44. The predicted molar refractivity (Wildman–Crippen MR) is 156 cm³/mol. The minimum Gasteiger partial charge on any atom is -0.454 e. The summed E-state index contributed by atoms with van der Waals surface area (Å²) in [6.07, 6.45) is 6.82. The summed E-state index contributed by atoms with van der Waals surface area (Å²) in [5.41, 5.74) is 1.23. The first kappa shape index (κ1) is 25.5. The number of fused-ring (bicyclic) bond motifs is 1. The Morgan fingerprint density at radius 3 is 1.76 bits per heavy atom. The normalized spacial score (nSPS) is 12.5. The molecule has 3 nitrogen and oxygen atoms in total. The summed E-state index contributed by atoms with van der Waals surface area (Å²) in [6.45, 7) is 1.88. The zero-order chi connectivity index (χ0) is 25.2. The van der Waals surface area contributed by atoms with Gasteiger partial charge in [0.15, 0.2) is 11.5 Å². The molecule has 0 bridgehead atoms. The molecule has 190 valence electrons. The van der Waals surface area contributed by atoms with Gasteiger partial charge >= 0.3 is 0 Å². The molecular weight excluding hydrogens is 475 g/mol. The SMILES string of the molecule is c1ccc([P+](CCCCCCOCCc2ccc3c(c2)OCO3)(c2ccccc2)c2ccccc2)cc1. The van der Waals surface area contributed by atoms with Crippen LogP contribution in [-0.2, 0) is 11.2 Å². The van der Waals surface area contributed by atoms with Crippen molar-refractivity contribution in [3.63, 3.8) is 0 Å². The van der Waals surface area contributed by atoms with Crippen molar-refractivity contribution in [1.29, 1.82) is 0 Å². The summed E-state index contributed by atoms with van der Waals surface area (Å²) >= 11 is 0. The topological polar surface area (TPSA) is 27.7 Å². The van der Waals surface area contributed by atoms with Crippen LogP contribution in [0.2, 0.25) is 0 Å². The van der Waals surface area contributed by atoms with E-state index in [4.69, 9.17) is 14.2 Å². The molecule has 0 fully saturated rings. The van der Waals surface area contributed by atoms with Gasteiger partial charge in [-0.2, -0.15) is 0 Å². The smallest absolute Gasteiger partial charge is 0.231 e. The van der Waals surface area contributed by atoms with Crippen molar-refractivity contribution in [2.45, 2.75) is 32.1 Å². The first-order valence-electron chi connectivity index (χ1n) is 13.4. The second kappa shape index (κ2) is 12.9. The number of hydrogen-bond acceptors (Lipinski definition) is 3. The third-order valence-corrected chi connectivity index (χ3v) is 11.6. The lowest BCUT2D eigenvalue weighted by molar-refractivity contribution is 0.133. The van der Waals surface area contributed by atoms with E-state index >= 15 is 0 Å². The molecular formula is C33H36O3P+. The summed E-state index contributed by atoms with van der Waals surface area (Å²) < 4.78 is 16.8. The molecule has 1 heterocycles. The van der Waals surface area contributed by atoms with Crippen molar-refractivity contribution in [3.8, 4) is 11.5 Å². The van der Waals surface area contributed by atoms with Crippen molar-refractivity contribution < 1.29 is 14.2 Å². The van der Waals surface area contributed by atoms with Crippen LogP contribution in [-0.4, -0.2) is 26.2 Å². The van der Waals surface area contributed by atoms with E-state index < -0.39 is 7.26 Å². The molecule has 4 aromatic carbocycles. The van der Waals surface area contributed by atoms with Gasteiger partial charge in [-0.05, 0) is 79.8 Å². The Balaban J connectivity index is 1.14. The molecule has 0 aromatic heterocycles. The lowest BCUT2D eigenvalue weighted by Crippen LogP contribution is -2.33. The van der Waals surface area contributed by atoms with Gasteiger partial charge in [-0.25, -0.2) is 0 Å². The zero-order valence-electron chi connectivity index (χ0n) is 21.4. The molecule has 0 saturated heterocycles. The van der Waals surface area contributed by atoms with Crippen molar-refractivity contribution in [3.05, 3.63) is 115 Å². The molecule has 1 aliphatic heterocycles. The lowest BCUT2D eigenvalue weighted by atomic mass is 10.1. The van der Waals surface area contributed by atoms with Crippen LogP contribution in [0.25, 0.3) is 0 Å². The van der Waals surface area contributed by atoms with Crippen LogP contribution in [0, 0.1) is 0 Å². The standard InChI is InChI=1S/C33H36O3P/c1(12-23-34-24-22-28-20-21-32-33(26-28)36-27-35-32)2-13-25-37(29-14-6-3-7-15-29,30-16-8-4-9-17-30)31-18-10-5-11-19-31/h3-11,14-21,26H,1-2,12-13,22-25,27H2/q+1. The van der Waals surface area contributed by atoms with Crippen LogP contribution in [0.4, 0.5) is 0 Å². The highest BCUT2D eigenvalue weighted by Gasteiger charge is 2.44. The van der Waals surface area contributed by atoms with Crippen LogP contribution >= 0.6 is 7.26 Å². The van der Waals surface area contributed by atoms with Gasteiger partial charge in [-0.15, -0.1) is 0 Å². The van der Waals surface area contributed by atoms with E-state index in [0.29, 0.717) is 6.79 Å². The molecule has 0 aliphatic carbocycles. The highest BCUT2D eigenvalue weighted by Crippen LogP contribution is 2.56. The van der Waals surface area contributed by atoms with Crippen LogP contribution in [0.1, 0.15) is 31.2 Å². The van der Waals surface area contributed by atoms with E-state index in [1.54, 1.807) is 0 Å². The van der Waals surface area contributed by atoms with Crippen LogP contribution in [0.3, 0.4) is 0 Å². The van der Waals surface area contributed by atoms with E-state index in [1.807, 2.05) is 6.07 Å². The van der Waals surface area contributed by atoms with Gasteiger partial charge < -0.3 is 14.2 Å². The second-order valence-corrected chi connectivity index (χ2v) is 13.1. The molecule has 37 heavy (non-hydrogen) atoms. The molecule has 4 heteroatoms. The zero-order valence-corrected chi connectivity index (χ0v) is 22.3. The van der Waals surface area contributed by atoms with Gasteiger partial charge in [0.05, 0.1) is 12.8 Å². The summed E-state index contributed by atoms with van der Waals surface area (Å²) in [7, 11) is -1.71. The van der Waals surface area contributed by atoms with E-state index in [-0.39, 0.29) is 0 Å². The molecule has 1 aliphatic rings. The number of hydrogen-bond donors (Lipinski definition) is 0. The Labute approximate surface area is 221 Å². The van der Waals surface area contributed by atoms with E-state index in [0.717, 1.165) is 37.6 Å². The van der Waals surface area contributed by atoms with Gasteiger partial charge in [0.1, 0.15) is 23.2 Å². The molecule has 4 aromatic rings. The number of rotatable bonds is 13. The lowest BCUT2D eigenvalue weighted by Gasteiger charge is -2.27.